The predicted octanol–water partition coefficient (Wildman–Crippen LogP) is -0.291. The molecule has 0 aromatic heterocycles. The van der Waals surface area contributed by atoms with E-state index in [4.69, 9.17) is 5.73 Å². The molecule has 3 amide bonds. The topological polar surface area (TPSA) is 96.2 Å². The van der Waals surface area contributed by atoms with Crippen LogP contribution in [-0.4, -0.2) is 30.7 Å². The molecule has 0 aromatic rings. The number of nitrogens with two attached hydrogens (primary N) is 1. The van der Waals surface area contributed by atoms with Gasteiger partial charge in [0.15, 0.2) is 0 Å². The highest BCUT2D eigenvalue weighted by Crippen LogP contribution is 2.05. The van der Waals surface area contributed by atoms with E-state index < -0.39 is 18.2 Å². The molecule has 0 spiro atoms. The summed E-state index contributed by atoms with van der Waals surface area (Å²) in [6, 6.07) is -0.906. The van der Waals surface area contributed by atoms with Crippen molar-refractivity contribution in [2.24, 2.45) is 11.7 Å². The molecule has 5 N–H and O–H groups in total. The SMILES string of the molecule is CC(C)CC1NC(=O)NC(N)[CH]CCNC1=O. The number of rotatable bonds is 2. The molecular weight excluding hydrogens is 220 g/mol. The molecule has 1 saturated heterocycles. The lowest BCUT2D eigenvalue weighted by molar-refractivity contribution is -0.123. The average Bonchev–Trinajstić information content (AvgIpc) is 2.21. The molecule has 1 heterocycles. The third kappa shape index (κ3) is 5.04. The van der Waals surface area contributed by atoms with Gasteiger partial charge in [0.2, 0.25) is 5.91 Å². The fourth-order valence-corrected chi connectivity index (χ4v) is 1.69. The molecule has 0 bridgehead atoms. The number of urea groups is 1. The Balaban J connectivity index is 2.64. The van der Waals surface area contributed by atoms with Crippen LogP contribution >= 0.6 is 0 Å². The molecule has 6 heteroatoms. The molecule has 0 saturated carbocycles. The number of amides is 3. The molecule has 2 unspecified atom stereocenters. The van der Waals surface area contributed by atoms with Crippen LogP contribution in [-0.2, 0) is 4.79 Å². The molecule has 1 aliphatic heterocycles. The Morgan fingerprint density at radius 1 is 1.41 bits per heavy atom. The number of hydrogen-bond acceptors (Lipinski definition) is 3. The van der Waals surface area contributed by atoms with E-state index in [0.29, 0.717) is 25.3 Å². The number of nitrogens with one attached hydrogen (secondary N) is 3. The first kappa shape index (κ1) is 13.8. The lowest BCUT2D eigenvalue weighted by Crippen LogP contribution is -2.55. The second-order valence-corrected chi connectivity index (χ2v) is 4.64. The molecule has 0 aromatic carbocycles. The lowest BCUT2D eigenvalue weighted by Gasteiger charge is -2.23. The van der Waals surface area contributed by atoms with Gasteiger partial charge in [-0.25, -0.2) is 4.79 Å². The van der Waals surface area contributed by atoms with Crippen molar-refractivity contribution in [1.29, 1.82) is 0 Å². The molecule has 1 aliphatic rings. The largest absolute Gasteiger partial charge is 0.354 e. The summed E-state index contributed by atoms with van der Waals surface area (Å²) < 4.78 is 0. The van der Waals surface area contributed by atoms with Crippen LogP contribution in [0.3, 0.4) is 0 Å². The molecular formula is C11H21N4O2. The zero-order chi connectivity index (χ0) is 12.8. The minimum Gasteiger partial charge on any atom is -0.354 e. The van der Waals surface area contributed by atoms with E-state index in [1.807, 2.05) is 13.8 Å². The van der Waals surface area contributed by atoms with Crippen LogP contribution in [0.4, 0.5) is 4.79 Å². The van der Waals surface area contributed by atoms with Gasteiger partial charge in [0, 0.05) is 13.0 Å². The van der Waals surface area contributed by atoms with E-state index in [0.717, 1.165) is 0 Å². The summed E-state index contributed by atoms with van der Waals surface area (Å²) in [5, 5.41) is 7.98. The predicted molar refractivity (Wildman–Crippen MR) is 64.8 cm³/mol. The third-order valence-corrected chi connectivity index (χ3v) is 2.49. The standard InChI is InChI=1S/C11H21N4O2/c1-7(2)6-8-10(16)13-5-3-4-9(12)15-11(17)14-8/h4,7-9H,3,5-6,12H2,1-2H3,(H,13,16)(H2,14,15,17). The first-order chi connectivity index (χ1) is 7.99. The monoisotopic (exact) mass is 241 g/mol. The Hall–Kier alpha value is -1.30. The Morgan fingerprint density at radius 3 is 2.76 bits per heavy atom. The number of carbonyl (C=O) groups is 2. The van der Waals surface area contributed by atoms with Crippen molar-refractivity contribution in [1.82, 2.24) is 16.0 Å². The summed E-state index contributed by atoms with van der Waals surface area (Å²) >= 11 is 0. The first-order valence-electron chi connectivity index (χ1n) is 5.92. The van der Waals surface area contributed by atoms with Crippen LogP contribution in [0, 0.1) is 12.3 Å². The second-order valence-electron chi connectivity index (χ2n) is 4.64. The molecule has 1 fully saturated rings. The van der Waals surface area contributed by atoms with E-state index in [2.05, 4.69) is 16.0 Å². The summed E-state index contributed by atoms with van der Waals surface area (Å²) in [6.45, 7) is 4.55. The fraction of sp³-hybridized carbons (Fsp3) is 0.727. The minimum absolute atomic E-state index is 0.141. The molecule has 17 heavy (non-hydrogen) atoms. The van der Waals surface area contributed by atoms with Crippen molar-refractivity contribution in [3.05, 3.63) is 6.42 Å². The molecule has 6 nitrogen and oxygen atoms in total. The van der Waals surface area contributed by atoms with Crippen LogP contribution in [0.5, 0.6) is 0 Å². The Morgan fingerprint density at radius 2 is 2.12 bits per heavy atom. The van der Waals surface area contributed by atoms with Gasteiger partial charge in [-0.05, 0) is 18.8 Å². The van der Waals surface area contributed by atoms with Gasteiger partial charge in [0.1, 0.15) is 6.04 Å². The van der Waals surface area contributed by atoms with Crippen molar-refractivity contribution in [2.45, 2.75) is 38.9 Å². The van der Waals surface area contributed by atoms with Gasteiger partial charge < -0.3 is 21.7 Å². The maximum Gasteiger partial charge on any atom is 0.316 e. The van der Waals surface area contributed by atoms with Crippen molar-refractivity contribution in [3.63, 3.8) is 0 Å². The van der Waals surface area contributed by atoms with Gasteiger partial charge in [-0.1, -0.05) is 13.8 Å². The summed E-state index contributed by atoms with van der Waals surface area (Å²) in [5.74, 6) is 0.187. The second kappa shape index (κ2) is 6.44. The zero-order valence-corrected chi connectivity index (χ0v) is 10.3. The van der Waals surface area contributed by atoms with E-state index >= 15 is 0 Å². The summed E-state index contributed by atoms with van der Waals surface area (Å²) in [7, 11) is 0. The van der Waals surface area contributed by atoms with Gasteiger partial charge in [0.05, 0.1) is 6.17 Å². The van der Waals surface area contributed by atoms with Crippen molar-refractivity contribution >= 4 is 11.9 Å². The Bertz CT molecular complexity index is 281. The highest BCUT2D eigenvalue weighted by Gasteiger charge is 2.23. The maximum absolute atomic E-state index is 11.8. The van der Waals surface area contributed by atoms with Gasteiger partial charge in [-0.15, -0.1) is 0 Å². The van der Waals surface area contributed by atoms with Crippen LogP contribution in [0.15, 0.2) is 0 Å². The van der Waals surface area contributed by atoms with Gasteiger partial charge in [-0.3, -0.25) is 4.79 Å². The summed E-state index contributed by atoms with van der Waals surface area (Å²) in [6.07, 6.45) is 2.52. The number of hydrogen-bond donors (Lipinski definition) is 4. The lowest BCUT2D eigenvalue weighted by atomic mass is 10.0. The molecule has 0 aliphatic carbocycles. The molecule has 97 valence electrons. The Kier molecular flexibility index (Phi) is 5.21. The highest BCUT2D eigenvalue weighted by atomic mass is 16.2. The van der Waals surface area contributed by atoms with E-state index in [1.54, 1.807) is 6.42 Å². The van der Waals surface area contributed by atoms with Gasteiger partial charge >= 0.3 is 6.03 Å². The van der Waals surface area contributed by atoms with E-state index in [9.17, 15) is 9.59 Å². The smallest absolute Gasteiger partial charge is 0.316 e. The van der Waals surface area contributed by atoms with Gasteiger partial charge in [0.25, 0.3) is 0 Å². The minimum atomic E-state index is -0.500. The third-order valence-electron chi connectivity index (χ3n) is 2.49. The molecule has 1 rings (SSSR count). The van der Waals surface area contributed by atoms with Crippen LogP contribution in [0.1, 0.15) is 26.7 Å². The Labute approximate surface area is 102 Å². The quantitative estimate of drug-likeness (QED) is 0.535. The average molecular weight is 241 g/mol. The first-order valence-corrected chi connectivity index (χ1v) is 5.92. The number of carbonyl (C=O) groups excluding carboxylic acids is 2. The zero-order valence-electron chi connectivity index (χ0n) is 10.3. The van der Waals surface area contributed by atoms with Crippen molar-refractivity contribution in [3.8, 4) is 0 Å². The van der Waals surface area contributed by atoms with Crippen LogP contribution in [0.2, 0.25) is 0 Å². The van der Waals surface area contributed by atoms with Crippen LogP contribution in [0.25, 0.3) is 0 Å². The summed E-state index contributed by atoms with van der Waals surface area (Å²) in [5.41, 5.74) is 5.66. The van der Waals surface area contributed by atoms with Gasteiger partial charge in [-0.2, -0.15) is 0 Å². The fourth-order valence-electron chi connectivity index (χ4n) is 1.69. The van der Waals surface area contributed by atoms with Crippen molar-refractivity contribution in [2.75, 3.05) is 6.54 Å². The normalized spacial score (nSPS) is 27.1. The highest BCUT2D eigenvalue weighted by molar-refractivity contribution is 5.87. The van der Waals surface area contributed by atoms with E-state index in [1.165, 1.54) is 0 Å². The summed E-state index contributed by atoms with van der Waals surface area (Å²) in [4.78, 5) is 23.3. The maximum atomic E-state index is 11.8. The molecule has 1 radical (unpaired) electrons. The molecule has 2 atom stereocenters. The van der Waals surface area contributed by atoms with Crippen LogP contribution < -0.4 is 21.7 Å². The van der Waals surface area contributed by atoms with E-state index in [-0.39, 0.29) is 5.91 Å². The van der Waals surface area contributed by atoms with Crippen molar-refractivity contribution < 1.29 is 9.59 Å².